The minimum atomic E-state index is -3.90. The molecular formula is C18H17N3O6S2. The zero-order valence-corrected chi connectivity index (χ0v) is 17.4. The van der Waals surface area contributed by atoms with E-state index >= 15 is 0 Å². The van der Waals surface area contributed by atoms with E-state index in [1.54, 1.807) is 17.5 Å². The fourth-order valence-corrected chi connectivity index (χ4v) is 4.75. The lowest BCUT2D eigenvalue weighted by Gasteiger charge is -2.17. The van der Waals surface area contributed by atoms with Crippen molar-refractivity contribution in [2.75, 3.05) is 25.6 Å². The molecule has 0 saturated heterocycles. The Kier molecular flexibility index (Phi) is 5.71. The van der Waals surface area contributed by atoms with Crippen LogP contribution < -0.4 is 13.8 Å². The zero-order valence-electron chi connectivity index (χ0n) is 15.7. The molecule has 0 spiro atoms. The highest BCUT2D eigenvalue weighted by Crippen LogP contribution is 2.34. The van der Waals surface area contributed by atoms with Crippen LogP contribution in [0.2, 0.25) is 0 Å². The van der Waals surface area contributed by atoms with Crippen molar-refractivity contribution in [1.29, 1.82) is 0 Å². The van der Waals surface area contributed by atoms with Crippen LogP contribution in [-0.2, 0) is 10.0 Å². The minimum absolute atomic E-state index is 0.0183. The van der Waals surface area contributed by atoms with Gasteiger partial charge in [0.2, 0.25) is 0 Å². The third kappa shape index (κ3) is 4.00. The molecule has 0 aliphatic heterocycles. The molecule has 0 fully saturated rings. The maximum Gasteiger partial charge on any atom is 0.270 e. The van der Waals surface area contributed by atoms with Gasteiger partial charge in [0.1, 0.15) is 0 Å². The Morgan fingerprint density at radius 1 is 1.10 bits per heavy atom. The highest BCUT2D eigenvalue weighted by atomic mass is 32.2. The first kappa shape index (κ1) is 20.6. The largest absolute Gasteiger partial charge is 0.493 e. The van der Waals surface area contributed by atoms with Crippen molar-refractivity contribution in [2.24, 2.45) is 0 Å². The lowest BCUT2D eigenvalue weighted by Crippen LogP contribution is -2.26. The summed E-state index contributed by atoms with van der Waals surface area (Å²) in [7, 11) is 0.371. The highest BCUT2D eigenvalue weighted by Gasteiger charge is 2.25. The number of benzene rings is 2. The maximum absolute atomic E-state index is 13.0. The average Bonchev–Trinajstić information content (AvgIpc) is 3.22. The molecule has 11 heteroatoms. The Morgan fingerprint density at radius 3 is 2.48 bits per heavy atom. The standard InChI is InChI=1S/C18H17N3O6S2/c1-20(29(24,25)14-7-8-16(26-2)17(10-14)27-3)18-19-15(11-28-18)12-5-4-6-13(9-12)21(22)23/h4-11H,1-3H3. The number of thiazole rings is 1. The van der Waals surface area contributed by atoms with Crippen LogP contribution in [0, 0.1) is 10.1 Å². The number of nitro benzene ring substituents is 1. The quantitative estimate of drug-likeness (QED) is 0.412. The van der Waals surface area contributed by atoms with Crippen molar-refractivity contribution in [3.63, 3.8) is 0 Å². The second-order valence-corrected chi connectivity index (χ2v) is 8.62. The molecular weight excluding hydrogens is 418 g/mol. The number of hydrogen-bond acceptors (Lipinski definition) is 8. The van der Waals surface area contributed by atoms with Gasteiger partial charge >= 0.3 is 0 Å². The summed E-state index contributed by atoms with van der Waals surface area (Å²) in [5.74, 6) is 0.703. The molecule has 1 heterocycles. The molecule has 0 aliphatic carbocycles. The van der Waals surface area contributed by atoms with Crippen molar-refractivity contribution < 1.29 is 22.8 Å². The Balaban J connectivity index is 1.94. The van der Waals surface area contributed by atoms with Crippen LogP contribution in [0.5, 0.6) is 11.5 Å². The number of sulfonamides is 1. The monoisotopic (exact) mass is 435 g/mol. The first-order valence-corrected chi connectivity index (χ1v) is 10.5. The maximum atomic E-state index is 13.0. The van der Waals surface area contributed by atoms with Crippen molar-refractivity contribution in [1.82, 2.24) is 4.98 Å². The summed E-state index contributed by atoms with van der Waals surface area (Å²) >= 11 is 1.12. The number of anilines is 1. The number of ether oxygens (including phenoxy) is 2. The molecule has 29 heavy (non-hydrogen) atoms. The summed E-state index contributed by atoms with van der Waals surface area (Å²) in [5.41, 5.74) is 0.907. The fraction of sp³-hybridized carbons (Fsp3) is 0.167. The van der Waals surface area contributed by atoms with E-state index in [9.17, 15) is 18.5 Å². The SMILES string of the molecule is COc1ccc(S(=O)(=O)N(C)c2nc(-c3cccc([N+](=O)[O-])c3)cs2)cc1OC. The van der Waals surface area contributed by atoms with Gasteiger partial charge < -0.3 is 9.47 Å². The predicted octanol–water partition coefficient (Wildman–Crippen LogP) is 3.56. The van der Waals surface area contributed by atoms with Gasteiger partial charge in [-0.3, -0.25) is 10.1 Å². The van der Waals surface area contributed by atoms with E-state index in [0.717, 1.165) is 15.6 Å². The summed E-state index contributed by atoms with van der Waals surface area (Å²) in [6.07, 6.45) is 0. The molecule has 0 bridgehead atoms. The molecule has 0 atom stereocenters. The summed E-state index contributed by atoms with van der Waals surface area (Å²) in [4.78, 5) is 14.8. The van der Waals surface area contributed by atoms with Gasteiger partial charge in [0.25, 0.3) is 15.7 Å². The van der Waals surface area contributed by atoms with Crippen molar-refractivity contribution in [3.8, 4) is 22.8 Å². The van der Waals surface area contributed by atoms with Gasteiger partial charge in [0.05, 0.1) is 29.7 Å². The van der Waals surface area contributed by atoms with Crippen LogP contribution in [-0.4, -0.2) is 39.6 Å². The van der Waals surface area contributed by atoms with Crippen molar-refractivity contribution >= 4 is 32.2 Å². The number of rotatable bonds is 7. The number of hydrogen-bond donors (Lipinski definition) is 0. The molecule has 0 N–H and O–H groups in total. The van der Waals surface area contributed by atoms with E-state index in [1.165, 1.54) is 51.6 Å². The van der Waals surface area contributed by atoms with E-state index in [0.29, 0.717) is 22.8 Å². The van der Waals surface area contributed by atoms with Gasteiger partial charge in [-0.05, 0) is 12.1 Å². The van der Waals surface area contributed by atoms with Crippen LogP contribution in [0.3, 0.4) is 0 Å². The minimum Gasteiger partial charge on any atom is -0.493 e. The number of aromatic nitrogens is 1. The lowest BCUT2D eigenvalue weighted by atomic mass is 10.1. The second kappa shape index (κ2) is 8.05. The van der Waals surface area contributed by atoms with E-state index in [1.807, 2.05) is 0 Å². The van der Waals surface area contributed by atoms with E-state index < -0.39 is 14.9 Å². The van der Waals surface area contributed by atoms with Gasteiger partial charge in [-0.15, -0.1) is 11.3 Å². The van der Waals surface area contributed by atoms with Crippen molar-refractivity contribution in [3.05, 3.63) is 58.0 Å². The summed E-state index contributed by atoms with van der Waals surface area (Å²) in [5, 5.41) is 12.8. The lowest BCUT2D eigenvalue weighted by molar-refractivity contribution is -0.384. The second-order valence-electron chi connectivity index (χ2n) is 5.81. The van der Waals surface area contributed by atoms with Crippen LogP contribution in [0.25, 0.3) is 11.3 Å². The molecule has 152 valence electrons. The van der Waals surface area contributed by atoms with Crippen molar-refractivity contribution in [2.45, 2.75) is 4.90 Å². The Hall–Kier alpha value is -3.18. The van der Waals surface area contributed by atoms with E-state index in [2.05, 4.69) is 4.98 Å². The van der Waals surface area contributed by atoms with Gasteiger partial charge in [-0.2, -0.15) is 0 Å². The summed E-state index contributed by atoms with van der Waals surface area (Å²) in [6.45, 7) is 0. The molecule has 9 nitrogen and oxygen atoms in total. The molecule has 2 aromatic carbocycles. The summed E-state index contributed by atoms with van der Waals surface area (Å²) < 4.78 is 37.4. The van der Waals surface area contributed by atoms with E-state index in [-0.39, 0.29) is 15.7 Å². The molecule has 0 amide bonds. The normalized spacial score (nSPS) is 11.1. The van der Waals surface area contributed by atoms with E-state index in [4.69, 9.17) is 9.47 Å². The Morgan fingerprint density at radius 2 is 1.83 bits per heavy atom. The van der Waals surface area contributed by atoms with Gasteiger partial charge in [-0.25, -0.2) is 17.7 Å². The first-order valence-electron chi connectivity index (χ1n) is 8.19. The van der Waals surface area contributed by atoms with Gasteiger partial charge in [-0.1, -0.05) is 12.1 Å². The Bertz CT molecular complexity index is 1160. The molecule has 0 unspecified atom stereocenters. The molecule has 3 aromatic rings. The van der Waals surface area contributed by atoms with Gasteiger partial charge in [0.15, 0.2) is 16.6 Å². The third-order valence-electron chi connectivity index (χ3n) is 4.13. The van der Waals surface area contributed by atoms with Gasteiger partial charge in [0, 0.05) is 36.2 Å². The molecule has 0 aliphatic rings. The van der Waals surface area contributed by atoms with Crippen LogP contribution in [0.4, 0.5) is 10.8 Å². The number of non-ortho nitro benzene ring substituents is 1. The number of methoxy groups -OCH3 is 2. The average molecular weight is 435 g/mol. The summed E-state index contributed by atoms with van der Waals surface area (Å²) in [6, 6.07) is 10.3. The molecule has 0 radical (unpaired) electrons. The first-order chi connectivity index (χ1) is 13.8. The smallest absolute Gasteiger partial charge is 0.270 e. The topological polar surface area (TPSA) is 112 Å². The Labute approximate surface area is 171 Å². The number of nitro groups is 1. The highest BCUT2D eigenvalue weighted by molar-refractivity contribution is 7.93. The molecule has 1 aromatic heterocycles. The van der Waals surface area contributed by atoms with Crippen LogP contribution in [0.15, 0.2) is 52.7 Å². The van der Waals surface area contributed by atoms with Crippen LogP contribution >= 0.6 is 11.3 Å². The van der Waals surface area contributed by atoms with Crippen LogP contribution in [0.1, 0.15) is 0 Å². The molecule has 3 rings (SSSR count). The zero-order chi connectivity index (χ0) is 21.2. The molecule has 0 saturated carbocycles. The number of nitrogens with zero attached hydrogens (tertiary/aromatic N) is 3. The fourth-order valence-electron chi connectivity index (χ4n) is 2.56. The predicted molar refractivity (Wildman–Crippen MR) is 109 cm³/mol. The third-order valence-corrected chi connectivity index (χ3v) is 6.90.